The molecule has 0 fully saturated rings. The molecule has 1 unspecified atom stereocenters. The smallest absolute Gasteiger partial charge is 0.0122 e. The van der Waals surface area contributed by atoms with Crippen molar-refractivity contribution < 1.29 is 0 Å². The summed E-state index contributed by atoms with van der Waals surface area (Å²) in [5, 5.41) is 3.56. The summed E-state index contributed by atoms with van der Waals surface area (Å²) in [6, 6.07) is 0. The van der Waals surface area contributed by atoms with Crippen LogP contribution in [0, 0.1) is 11.8 Å². The average Bonchev–Trinajstić information content (AvgIpc) is 2.05. The molecule has 0 aliphatic heterocycles. The molecule has 0 heterocycles. The van der Waals surface area contributed by atoms with Crippen molar-refractivity contribution in [2.24, 2.45) is 17.6 Å². The molecule has 80 valence electrons. The van der Waals surface area contributed by atoms with Crippen molar-refractivity contribution in [3.8, 4) is 0 Å². The predicted molar refractivity (Wildman–Crippen MR) is 59.8 cm³/mol. The number of rotatable bonds is 6. The molecule has 0 aliphatic carbocycles. The second-order valence-corrected chi connectivity index (χ2v) is 4.86. The van der Waals surface area contributed by atoms with Gasteiger partial charge in [0.15, 0.2) is 0 Å². The van der Waals surface area contributed by atoms with Crippen LogP contribution in [0.3, 0.4) is 0 Å². The summed E-state index contributed by atoms with van der Waals surface area (Å²) in [6.07, 6.45) is 1.16. The molecule has 0 saturated carbocycles. The van der Waals surface area contributed by atoms with Gasteiger partial charge in [-0.2, -0.15) is 0 Å². The van der Waals surface area contributed by atoms with E-state index in [1.165, 1.54) is 0 Å². The maximum absolute atomic E-state index is 5.70. The highest BCUT2D eigenvalue weighted by molar-refractivity contribution is 4.78. The first-order valence-electron chi connectivity index (χ1n) is 5.38. The van der Waals surface area contributed by atoms with Crippen LogP contribution in [-0.4, -0.2) is 18.6 Å². The number of nitrogens with one attached hydrogen (secondary N) is 1. The Hall–Kier alpha value is -0.0800. The lowest BCUT2D eigenvalue weighted by Gasteiger charge is -2.29. The van der Waals surface area contributed by atoms with Crippen molar-refractivity contribution in [3.63, 3.8) is 0 Å². The quantitative estimate of drug-likeness (QED) is 0.666. The zero-order valence-electron chi connectivity index (χ0n) is 9.85. The van der Waals surface area contributed by atoms with Crippen LogP contribution < -0.4 is 11.1 Å². The normalized spacial score (nSPS) is 15.0. The highest BCUT2D eigenvalue weighted by Crippen LogP contribution is 2.12. The average molecular weight is 186 g/mol. The van der Waals surface area contributed by atoms with Gasteiger partial charge in [-0.3, -0.25) is 0 Å². The van der Waals surface area contributed by atoms with Gasteiger partial charge in [0.1, 0.15) is 0 Å². The van der Waals surface area contributed by atoms with Gasteiger partial charge in [-0.15, -0.1) is 0 Å². The molecule has 0 aromatic carbocycles. The fourth-order valence-electron chi connectivity index (χ4n) is 1.12. The molecule has 2 nitrogen and oxygen atoms in total. The van der Waals surface area contributed by atoms with Gasteiger partial charge in [-0.25, -0.2) is 0 Å². The largest absolute Gasteiger partial charge is 0.330 e. The molecule has 0 rings (SSSR count). The minimum Gasteiger partial charge on any atom is -0.330 e. The van der Waals surface area contributed by atoms with E-state index in [2.05, 4.69) is 39.9 Å². The monoisotopic (exact) mass is 186 g/mol. The summed E-state index contributed by atoms with van der Waals surface area (Å²) in [5.41, 5.74) is 5.96. The summed E-state index contributed by atoms with van der Waals surface area (Å²) in [5.74, 6) is 1.27. The second-order valence-electron chi connectivity index (χ2n) is 4.86. The van der Waals surface area contributed by atoms with Crippen LogP contribution in [0.4, 0.5) is 0 Å². The molecule has 13 heavy (non-hydrogen) atoms. The van der Waals surface area contributed by atoms with Crippen molar-refractivity contribution in [1.82, 2.24) is 5.32 Å². The van der Waals surface area contributed by atoms with E-state index in [4.69, 9.17) is 5.73 Å². The second kappa shape index (κ2) is 5.61. The fourth-order valence-corrected chi connectivity index (χ4v) is 1.12. The minimum atomic E-state index is 0.252. The zero-order valence-corrected chi connectivity index (χ0v) is 9.85. The highest BCUT2D eigenvalue weighted by atomic mass is 15.0. The third-order valence-electron chi connectivity index (χ3n) is 2.97. The number of hydrogen-bond acceptors (Lipinski definition) is 2. The first-order valence-corrected chi connectivity index (χ1v) is 5.38. The number of nitrogens with two attached hydrogens (primary N) is 1. The van der Waals surface area contributed by atoms with Crippen molar-refractivity contribution >= 4 is 0 Å². The predicted octanol–water partition coefficient (Wildman–Crippen LogP) is 2.00. The molecular weight excluding hydrogens is 160 g/mol. The standard InChI is InChI=1S/C11H26N2/c1-6-11(4,5)13-8-10(7-12)9(2)3/h9-10,13H,6-8,12H2,1-5H3. The van der Waals surface area contributed by atoms with E-state index >= 15 is 0 Å². The lowest BCUT2D eigenvalue weighted by molar-refractivity contribution is 0.300. The first-order chi connectivity index (χ1) is 5.93. The van der Waals surface area contributed by atoms with E-state index in [9.17, 15) is 0 Å². The van der Waals surface area contributed by atoms with Gasteiger partial charge in [0, 0.05) is 5.54 Å². The Morgan fingerprint density at radius 2 is 1.85 bits per heavy atom. The number of hydrogen-bond donors (Lipinski definition) is 2. The van der Waals surface area contributed by atoms with E-state index in [1.54, 1.807) is 0 Å². The van der Waals surface area contributed by atoms with Crippen LogP contribution in [0.2, 0.25) is 0 Å². The summed E-state index contributed by atoms with van der Waals surface area (Å²) >= 11 is 0. The maximum Gasteiger partial charge on any atom is 0.0122 e. The van der Waals surface area contributed by atoms with E-state index in [-0.39, 0.29) is 5.54 Å². The molecule has 0 radical (unpaired) electrons. The third kappa shape index (κ3) is 5.27. The summed E-state index contributed by atoms with van der Waals surface area (Å²) in [6.45, 7) is 13.0. The van der Waals surface area contributed by atoms with Gasteiger partial charge in [0.05, 0.1) is 0 Å². The Kier molecular flexibility index (Phi) is 5.57. The molecule has 3 N–H and O–H groups in total. The fraction of sp³-hybridized carbons (Fsp3) is 1.00. The van der Waals surface area contributed by atoms with Crippen LogP contribution in [-0.2, 0) is 0 Å². The lowest BCUT2D eigenvalue weighted by Crippen LogP contribution is -2.43. The topological polar surface area (TPSA) is 38.0 Å². The molecule has 0 spiro atoms. The van der Waals surface area contributed by atoms with Crippen LogP contribution in [0.25, 0.3) is 0 Å². The van der Waals surface area contributed by atoms with Crippen LogP contribution in [0.15, 0.2) is 0 Å². The first kappa shape index (κ1) is 12.9. The zero-order chi connectivity index (χ0) is 10.5. The van der Waals surface area contributed by atoms with Gasteiger partial charge < -0.3 is 11.1 Å². The van der Waals surface area contributed by atoms with Crippen LogP contribution >= 0.6 is 0 Å². The van der Waals surface area contributed by atoms with Gasteiger partial charge >= 0.3 is 0 Å². The van der Waals surface area contributed by atoms with Gasteiger partial charge in [-0.05, 0) is 45.2 Å². The van der Waals surface area contributed by atoms with Crippen molar-refractivity contribution in [2.45, 2.75) is 46.6 Å². The maximum atomic E-state index is 5.70. The van der Waals surface area contributed by atoms with Crippen molar-refractivity contribution in [2.75, 3.05) is 13.1 Å². The molecule has 0 aliphatic rings. The van der Waals surface area contributed by atoms with E-state index in [1.807, 2.05) is 0 Å². The van der Waals surface area contributed by atoms with E-state index < -0.39 is 0 Å². The Morgan fingerprint density at radius 3 is 2.15 bits per heavy atom. The van der Waals surface area contributed by atoms with Gasteiger partial charge in [-0.1, -0.05) is 20.8 Å². The molecule has 2 heteroatoms. The van der Waals surface area contributed by atoms with E-state index in [0.717, 1.165) is 19.5 Å². The molecule has 0 bridgehead atoms. The third-order valence-corrected chi connectivity index (χ3v) is 2.97. The molecule has 0 aromatic rings. The van der Waals surface area contributed by atoms with Crippen LogP contribution in [0.1, 0.15) is 41.0 Å². The summed E-state index contributed by atoms with van der Waals surface area (Å²) in [7, 11) is 0. The SMILES string of the molecule is CCC(C)(C)NCC(CN)C(C)C. The van der Waals surface area contributed by atoms with Crippen molar-refractivity contribution in [3.05, 3.63) is 0 Å². The van der Waals surface area contributed by atoms with Gasteiger partial charge in [0.25, 0.3) is 0 Å². The Labute approximate surface area is 83.3 Å². The highest BCUT2D eigenvalue weighted by Gasteiger charge is 2.17. The molecule has 0 amide bonds. The van der Waals surface area contributed by atoms with E-state index in [0.29, 0.717) is 11.8 Å². The van der Waals surface area contributed by atoms with Gasteiger partial charge in [0.2, 0.25) is 0 Å². The van der Waals surface area contributed by atoms with Crippen molar-refractivity contribution in [1.29, 1.82) is 0 Å². The van der Waals surface area contributed by atoms with Crippen LogP contribution in [0.5, 0.6) is 0 Å². The molecule has 0 saturated heterocycles. The Balaban J connectivity index is 3.85. The summed E-state index contributed by atoms with van der Waals surface area (Å²) in [4.78, 5) is 0. The molecular formula is C11H26N2. The molecule has 0 aromatic heterocycles. The minimum absolute atomic E-state index is 0.252. The Bertz CT molecular complexity index is 130. The summed E-state index contributed by atoms with van der Waals surface area (Å²) < 4.78 is 0. The molecule has 1 atom stereocenters. The lowest BCUT2D eigenvalue weighted by atomic mass is 9.94. The Morgan fingerprint density at radius 1 is 1.31 bits per heavy atom.